The van der Waals surface area contributed by atoms with Crippen molar-refractivity contribution in [2.75, 3.05) is 0 Å². The topological polar surface area (TPSA) is 43.8 Å². The van der Waals surface area contributed by atoms with Crippen LogP contribution in [0.4, 0.5) is 0 Å². The summed E-state index contributed by atoms with van der Waals surface area (Å²) in [7, 11) is 0. The smallest absolute Gasteiger partial charge is 0.0958 e. The molecule has 0 aliphatic carbocycles. The molecule has 17 heavy (non-hydrogen) atoms. The second kappa shape index (κ2) is 4.31. The second-order valence-corrected chi connectivity index (χ2v) is 4.99. The third-order valence-corrected chi connectivity index (χ3v) is 3.83. The summed E-state index contributed by atoms with van der Waals surface area (Å²) in [5.74, 6) is 0. The van der Waals surface area contributed by atoms with Crippen molar-refractivity contribution in [3.8, 4) is 0 Å². The van der Waals surface area contributed by atoms with E-state index in [-0.39, 0.29) is 6.04 Å². The van der Waals surface area contributed by atoms with E-state index in [1.54, 1.807) is 11.3 Å². The maximum Gasteiger partial charge on any atom is 0.0958 e. The zero-order chi connectivity index (χ0) is 11.7. The van der Waals surface area contributed by atoms with Crippen LogP contribution in [0, 0.1) is 0 Å². The third-order valence-electron chi connectivity index (χ3n) is 2.83. The molecule has 86 valence electrons. The van der Waals surface area contributed by atoms with E-state index in [0.29, 0.717) is 0 Å². The summed E-state index contributed by atoms with van der Waals surface area (Å²) in [6.45, 7) is 0.765. The zero-order valence-electron chi connectivity index (χ0n) is 9.28. The Morgan fingerprint density at radius 1 is 1.24 bits per heavy atom. The van der Waals surface area contributed by atoms with E-state index < -0.39 is 0 Å². The lowest BCUT2D eigenvalue weighted by Crippen LogP contribution is -2.15. The van der Waals surface area contributed by atoms with Crippen molar-refractivity contribution in [3.63, 3.8) is 0 Å². The number of rotatable bonds is 3. The van der Waals surface area contributed by atoms with Gasteiger partial charge in [0.2, 0.25) is 0 Å². The summed E-state index contributed by atoms with van der Waals surface area (Å²) < 4.78 is 2.11. The highest BCUT2D eigenvalue weighted by Gasteiger charge is 2.09. The van der Waals surface area contributed by atoms with Gasteiger partial charge in [0.1, 0.15) is 0 Å². The fourth-order valence-corrected chi connectivity index (χ4v) is 2.68. The van der Waals surface area contributed by atoms with E-state index >= 15 is 0 Å². The molecule has 2 heterocycles. The highest BCUT2D eigenvalue weighted by Crippen LogP contribution is 2.20. The molecule has 3 nitrogen and oxygen atoms in total. The van der Waals surface area contributed by atoms with Crippen LogP contribution in [0.1, 0.15) is 10.9 Å². The number of benzene rings is 1. The molecular formula is C13H13N3S. The molecule has 3 aromatic rings. The quantitative estimate of drug-likeness (QED) is 0.768. The Morgan fingerprint density at radius 2 is 2.12 bits per heavy atom. The van der Waals surface area contributed by atoms with Crippen LogP contribution in [0.15, 0.2) is 48.1 Å². The first kappa shape index (κ1) is 10.5. The molecule has 0 amide bonds. The first-order valence-corrected chi connectivity index (χ1v) is 6.41. The Kier molecular flexibility index (Phi) is 2.66. The first-order valence-electron chi connectivity index (χ1n) is 5.53. The maximum atomic E-state index is 6.18. The molecule has 0 aliphatic rings. The number of aromatic nitrogens is 2. The Bertz CT molecular complexity index is 612. The van der Waals surface area contributed by atoms with Crippen LogP contribution in [-0.2, 0) is 6.54 Å². The molecule has 3 rings (SSSR count). The van der Waals surface area contributed by atoms with Gasteiger partial charge in [-0.05, 0) is 23.6 Å². The van der Waals surface area contributed by atoms with Crippen molar-refractivity contribution < 1.29 is 0 Å². The fourth-order valence-electron chi connectivity index (χ4n) is 1.96. The van der Waals surface area contributed by atoms with E-state index in [9.17, 15) is 0 Å². The SMILES string of the molecule is NC(Cn1cnc2ccccc21)c1cccs1. The lowest BCUT2D eigenvalue weighted by molar-refractivity contribution is 0.596. The Balaban J connectivity index is 1.90. The minimum Gasteiger partial charge on any atom is -0.329 e. The van der Waals surface area contributed by atoms with Gasteiger partial charge in [-0.1, -0.05) is 18.2 Å². The van der Waals surface area contributed by atoms with Crippen LogP contribution in [-0.4, -0.2) is 9.55 Å². The molecule has 1 unspecified atom stereocenters. The molecule has 0 spiro atoms. The van der Waals surface area contributed by atoms with Crippen molar-refractivity contribution in [1.82, 2.24) is 9.55 Å². The fraction of sp³-hybridized carbons (Fsp3) is 0.154. The molecule has 0 radical (unpaired) electrons. The number of imidazole rings is 1. The molecule has 0 fully saturated rings. The second-order valence-electron chi connectivity index (χ2n) is 4.01. The number of para-hydroxylation sites is 2. The van der Waals surface area contributed by atoms with Gasteiger partial charge in [-0.25, -0.2) is 4.98 Å². The van der Waals surface area contributed by atoms with Gasteiger partial charge in [0.25, 0.3) is 0 Å². The third kappa shape index (κ3) is 1.97. The van der Waals surface area contributed by atoms with Crippen LogP contribution in [0.25, 0.3) is 11.0 Å². The Labute approximate surface area is 104 Å². The standard InChI is InChI=1S/C13H13N3S/c14-10(13-6-3-7-17-13)8-16-9-15-11-4-1-2-5-12(11)16/h1-7,9-10H,8,14H2. The van der Waals surface area contributed by atoms with Crippen LogP contribution in [0.5, 0.6) is 0 Å². The number of fused-ring (bicyclic) bond motifs is 1. The van der Waals surface area contributed by atoms with Crippen molar-refractivity contribution in [3.05, 3.63) is 53.0 Å². The van der Waals surface area contributed by atoms with E-state index in [4.69, 9.17) is 5.73 Å². The highest BCUT2D eigenvalue weighted by atomic mass is 32.1. The molecule has 0 saturated heterocycles. The van der Waals surface area contributed by atoms with Gasteiger partial charge in [0.05, 0.1) is 23.4 Å². The minimum atomic E-state index is 0.0348. The van der Waals surface area contributed by atoms with Gasteiger partial charge in [-0.15, -0.1) is 11.3 Å². The lowest BCUT2D eigenvalue weighted by Gasteiger charge is -2.11. The Morgan fingerprint density at radius 3 is 2.94 bits per heavy atom. The van der Waals surface area contributed by atoms with Crippen molar-refractivity contribution in [2.45, 2.75) is 12.6 Å². The van der Waals surface area contributed by atoms with Crippen molar-refractivity contribution in [1.29, 1.82) is 0 Å². The number of hydrogen-bond acceptors (Lipinski definition) is 3. The molecule has 0 bridgehead atoms. The summed E-state index contributed by atoms with van der Waals surface area (Å²) >= 11 is 1.70. The van der Waals surface area contributed by atoms with Gasteiger partial charge in [0, 0.05) is 11.4 Å². The molecular weight excluding hydrogens is 230 g/mol. The van der Waals surface area contributed by atoms with Crippen LogP contribution >= 0.6 is 11.3 Å². The van der Waals surface area contributed by atoms with E-state index in [0.717, 1.165) is 17.6 Å². The van der Waals surface area contributed by atoms with Gasteiger partial charge < -0.3 is 10.3 Å². The van der Waals surface area contributed by atoms with Gasteiger partial charge in [0.15, 0.2) is 0 Å². The summed E-state index contributed by atoms with van der Waals surface area (Å²) in [5, 5.41) is 2.06. The number of nitrogens with zero attached hydrogens (tertiary/aromatic N) is 2. The molecule has 0 saturated carbocycles. The van der Waals surface area contributed by atoms with Crippen molar-refractivity contribution in [2.24, 2.45) is 5.73 Å². The van der Waals surface area contributed by atoms with E-state index in [2.05, 4.69) is 27.1 Å². The minimum absolute atomic E-state index is 0.0348. The molecule has 1 atom stereocenters. The average Bonchev–Trinajstić information content (AvgIpc) is 2.98. The van der Waals surface area contributed by atoms with Gasteiger partial charge in [-0.3, -0.25) is 0 Å². The lowest BCUT2D eigenvalue weighted by atomic mass is 10.2. The van der Waals surface area contributed by atoms with E-state index in [1.165, 1.54) is 4.88 Å². The highest BCUT2D eigenvalue weighted by molar-refractivity contribution is 7.10. The molecule has 2 N–H and O–H groups in total. The molecule has 2 aromatic heterocycles. The van der Waals surface area contributed by atoms with E-state index in [1.807, 2.05) is 30.6 Å². The summed E-state index contributed by atoms with van der Waals surface area (Å²) in [4.78, 5) is 5.57. The predicted octanol–water partition coefficient (Wildman–Crippen LogP) is 2.80. The van der Waals surface area contributed by atoms with Gasteiger partial charge >= 0.3 is 0 Å². The van der Waals surface area contributed by atoms with Crippen LogP contribution in [0.3, 0.4) is 0 Å². The predicted molar refractivity (Wildman–Crippen MR) is 71.0 cm³/mol. The number of nitrogens with two attached hydrogens (primary N) is 1. The molecule has 1 aromatic carbocycles. The number of hydrogen-bond donors (Lipinski definition) is 1. The first-order chi connectivity index (χ1) is 8.34. The zero-order valence-corrected chi connectivity index (χ0v) is 10.1. The summed E-state index contributed by atoms with van der Waals surface area (Å²) in [6, 6.07) is 12.3. The Hall–Kier alpha value is -1.65. The average molecular weight is 243 g/mol. The van der Waals surface area contributed by atoms with Crippen molar-refractivity contribution >= 4 is 22.4 Å². The molecule has 4 heteroatoms. The monoisotopic (exact) mass is 243 g/mol. The van der Waals surface area contributed by atoms with Gasteiger partial charge in [-0.2, -0.15) is 0 Å². The largest absolute Gasteiger partial charge is 0.329 e. The summed E-state index contributed by atoms with van der Waals surface area (Å²) in [6.07, 6.45) is 1.86. The number of thiophene rings is 1. The van der Waals surface area contributed by atoms with Crippen LogP contribution < -0.4 is 5.73 Å². The normalized spacial score (nSPS) is 13.0. The van der Waals surface area contributed by atoms with Crippen LogP contribution in [0.2, 0.25) is 0 Å². The maximum absolute atomic E-state index is 6.18. The molecule has 0 aliphatic heterocycles. The summed E-state index contributed by atoms with van der Waals surface area (Å²) in [5.41, 5.74) is 8.34.